The van der Waals surface area contributed by atoms with Crippen molar-refractivity contribution in [1.29, 1.82) is 0 Å². The van der Waals surface area contributed by atoms with Crippen molar-refractivity contribution in [2.75, 3.05) is 0 Å². The first-order valence-corrected chi connectivity index (χ1v) is 4.42. The second-order valence-corrected chi connectivity index (χ2v) is 2.97. The van der Waals surface area contributed by atoms with E-state index in [4.69, 9.17) is 5.84 Å². The van der Waals surface area contributed by atoms with Crippen LogP contribution >= 0.6 is 0 Å². The minimum atomic E-state index is -0.476. The molecule has 1 aromatic rings. The molecule has 1 heterocycles. The van der Waals surface area contributed by atoms with Gasteiger partial charge < -0.3 is 4.57 Å². The molecule has 7 heteroatoms. The quantitative estimate of drug-likeness (QED) is 0.314. The number of aryl methyl sites for hydroxylation is 1. The highest BCUT2D eigenvalue weighted by Crippen LogP contribution is 1.90. The van der Waals surface area contributed by atoms with Gasteiger partial charge in [-0.25, -0.2) is 10.6 Å². The summed E-state index contributed by atoms with van der Waals surface area (Å²) < 4.78 is 1.32. The minimum absolute atomic E-state index is 0.238. The van der Waals surface area contributed by atoms with Gasteiger partial charge in [-0.1, -0.05) is 0 Å². The Morgan fingerprint density at radius 1 is 1.53 bits per heavy atom. The number of nitrogens with zero attached hydrogens (tertiary/aromatic N) is 1. The summed E-state index contributed by atoms with van der Waals surface area (Å²) in [6.07, 6.45) is 2.11. The van der Waals surface area contributed by atoms with Gasteiger partial charge in [-0.2, -0.15) is 0 Å². The van der Waals surface area contributed by atoms with E-state index in [1.54, 1.807) is 0 Å². The Kier molecular flexibility index (Phi) is 3.81. The Balaban J connectivity index is 2.55. The number of amides is 1. The Morgan fingerprint density at radius 3 is 2.87 bits per heavy atom. The van der Waals surface area contributed by atoms with Crippen molar-refractivity contribution in [3.63, 3.8) is 0 Å². The highest BCUT2D eigenvalue weighted by atomic mass is 16.2. The predicted octanol–water partition coefficient (Wildman–Crippen LogP) is -1.69. The molecule has 1 amide bonds. The van der Waals surface area contributed by atoms with Crippen LogP contribution < -0.4 is 22.5 Å². The number of rotatable bonds is 4. The van der Waals surface area contributed by atoms with Gasteiger partial charge >= 0.3 is 5.69 Å². The number of aromatic nitrogens is 2. The number of nitrogens with two attached hydrogens (primary N) is 1. The summed E-state index contributed by atoms with van der Waals surface area (Å²) in [4.78, 5) is 34.8. The SMILES string of the molecule is NNC(=O)CCCn1ccc(=O)[nH]c1=O. The first-order chi connectivity index (χ1) is 7.13. The minimum Gasteiger partial charge on any atom is -0.301 e. The molecule has 0 saturated carbocycles. The normalized spacial score (nSPS) is 9.93. The summed E-state index contributed by atoms with van der Waals surface area (Å²) in [6, 6.07) is 1.25. The van der Waals surface area contributed by atoms with Crippen molar-refractivity contribution in [3.8, 4) is 0 Å². The maximum Gasteiger partial charge on any atom is 0.328 e. The fourth-order valence-electron chi connectivity index (χ4n) is 1.10. The van der Waals surface area contributed by atoms with Crippen LogP contribution in [0.1, 0.15) is 12.8 Å². The van der Waals surface area contributed by atoms with Crippen molar-refractivity contribution in [2.24, 2.45) is 5.84 Å². The fraction of sp³-hybridized carbons (Fsp3) is 0.375. The third-order valence-electron chi connectivity index (χ3n) is 1.86. The molecule has 4 N–H and O–H groups in total. The summed E-state index contributed by atoms with van der Waals surface area (Å²) in [5.41, 5.74) is 1.08. The zero-order valence-corrected chi connectivity index (χ0v) is 8.03. The number of carbonyl (C=O) groups excluding carboxylic acids is 1. The van der Waals surface area contributed by atoms with Crippen LogP contribution in [0.15, 0.2) is 21.9 Å². The smallest absolute Gasteiger partial charge is 0.301 e. The number of nitrogens with one attached hydrogen (secondary N) is 2. The molecule has 1 aromatic heterocycles. The molecule has 1 rings (SSSR count). The lowest BCUT2D eigenvalue weighted by Gasteiger charge is -2.03. The van der Waals surface area contributed by atoms with Gasteiger partial charge in [0.25, 0.3) is 5.56 Å². The van der Waals surface area contributed by atoms with E-state index in [0.717, 1.165) is 0 Å². The summed E-state index contributed by atoms with van der Waals surface area (Å²) in [6.45, 7) is 0.364. The topological polar surface area (TPSA) is 110 Å². The van der Waals surface area contributed by atoms with E-state index in [2.05, 4.69) is 4.98 Å². The van der Waals surface area contributed by atoms with Crippen LogP contribution in [0.2, 0.25) is 0 Å². The molecular formula is C8H12N4O3. The van der Waals surface area contributed by atoms with Crippen LogP contribution in [-0.4, -0.2) is 15.5 Å². The van der Waals surface area contributed by atoms with Crippen molar-refractivity contribution in [3.05, 3.63) is 33.1 Å². The zero-order valence-electron chi connectivity index (χ0n) is 8.03. The van der Waals surface area contributed by atoms with Gasteiger partial charge in [-0.15, -0.1) is 0 Å². The third-order valence-corrected chi connectivity index (χ3v) is 1.86. The van der Waals surface area contributed by atoms with E-state index in [-0.39, 0.29) is 12.3 Å². The van der Waals surface area contributed by atoms with Gasteiger partial charge in [0.15, 0.2) is 0 Å². The van der Waals surface area contributed by atoms with E-state index < -0.39 is 11.2 Å². The maximum absolute atomic E-state index is 11.2. The van der Waals surface area contributed by atoms with Gasteiger partial charge in [0.2, 0.25) is 5.91 Å². The second-order valence-electron chi connectivity index (χ2n) is 2.97. The molecule has 0 aliphatic rings. The van der Waals surface area contributed by atoms with Crippen LogP contribution in [0.25, 0.3) is 0 Å². The van der Waals surface area contributed by atoms with E-state index in [0.29, 0.717) is 13.0 Å². The molecule has 0 fully saturated rings. The van der Waals surface area contributed by atoms with Crippen molar-refractivity contribution in [2.45, 2.75) is 19.4 Å². The fourth-order valence-corrected chi connectivity index (χ4v) is 1.10. The average Bonchev–Trinajstić information content (AvgIpc) is 2.21. The zero-order chi connectivity index (χ0) is 11.3. The Hall–Kier alpha value is -1.89. The van der Waals surface area contributed by atoms with Crippen LogP contribution in [-0.2, 0) is 11.3 Å². The number of H-pyrrole nitrogens is 1. The van der Waals surface area contributed by atoms with Crippen molar-refractivity contribution in [1.82, 2.24) is 15.0 Å². The molecule has 0 aromatic carbocycles. The molecule has 0 saturated heterocycles. The monoisotopic (exact) mass is 212 g/mol. The van der Waals surface area contributed by atoms with Gasteiger partial charge in [-0.3, -0.25) is 20.0 Å². The molecule has 0 radical (unpaired) electrons. The maximum atomic E-state index is 11.2. The number of hydrogen-bond donors (Lipinski definition) is 3. The first kappa shape index (κ1) is 11.2. The van der Waals surface area contributed by atoms with E-state index in [9.17, 15) is 14.4 Å². The second kappa shape index (κ2) is 5.11. The number of aromatic amines is 1. The molecule has 82 valence electrons. The van der Waals surface area contributed by atoms with Crippen LogP contribution in [0.5, 0.6) is 0 Å². The molecule has 7 nitrogen and oxygen atoms in total. The Labute approximate surface area is 84.9 Å². The lowest BCUT2D eigenvalue weighted by atomic mass is 10.3. The molecule has 15 heavy (non-hydrogen) atoms. The molecule has 0 unspecified atom stereocenters. The Morgan fingerprint density at radius 2 is 2.27 bits per heavy atom. The van der Waals surface area contributed by atoms with Crippen molar-refractivity contribution < 1.29 is 4.79 Å². The highest BCUT2D eigenvalue weighted by Gasteiger charge is 2.00. The molecule has 0 aliphatic heterocycles. The third kappa shape index (κ3) is 3.39. The molecule has 0 bridgehead atoms. The standard InChI is InChI=1S/C8H12N4O3/c9-11-7(14)2-1-4-12-5-3-6(13)10-8(12)15/h3,5H,1-2,4,9H2,(H,11,14)(H,10,13,15). The van der Waals surface area contributed by atoms with E-state index >= 15 is 0 Å². The van der Waals surface area contributed by atoms with Gasteiger partial charge in [0.1, 0.15) is 0 Å². The molecule has 0 aliphatic carbocycles. The average molecular weight is 212 g/mol. The lowest BCUT2D eigenvalue weighted by Crippen LogP contribution is -2.31. The predicted molar refractivity (Wildman–Crippen MR) is 52.9 cm³/mol. The van der Waals surface area contributed by atoms with Crippen LogP contribution in [0.4, 0.5) is 0 Å². The summed E-state index contributed by atoms with van der Waals surface area (Å²) >= 11 is 0. The summed E-state index contributed by atoms with van der Waals surface area (Å²) in [5.74, 6) is 4.60. The highest BCUT2D eigenvalue weighted by molar-refractivity contribution is 5.74. The van der Waals surface area contributed by atoms with Gasteiger partial charge in [0.05, 0.1) is 0 Å². The molecule has 0 atom stereocenters. The number of hydrogen-bond acceptors (Lipinski definition) is 4. The van der Waals surface area contributed by atoms with Crippen molar-refractivity contribution >= 4 is 5.91 Å². The summed E-state index contributed by atoms with van der Waals surface area (Å²) in [5, 5.41) is 0. The lowest BCUT2D eigenvalue weighted by molar-refractivity contribution is -0.121. The largest absolute Gasteiger partial charge is 0.328 e. The first-order valence-electron chi connectivity index (χ1n) is 4.42. The Bertz CT molecular complexity index is 448. The van der Waals surface area contributed by atoms with Crippen LogP contribution in [0, 0.1) is 0 Å². The number of hydrazine groups is 1. The van der Waals surface area contributed by atoms with E-state index in [1.165, 1.54) is 16.8 Å². The van der Waals surface area contributed by atoms with Gasteiger partial charge in [0, 0.05) is 25.2 Å². The molecule has 0 spiro atoms. The molecular weight excluding hydrogens is 200 g/mol. The number of carbonyl (C=O) groups is 1. The summed E-state index contributed by atoms with van der Waals surface area (Å²) in [7, 11) is 0. The van der Waals surface area contributed by atoms with E-state index in [1.807, 2.05) is 5.43 Å². The van der Waals surface area contributed by atoms with Gasteiger partial charge in [-0.05, 0) is 6.42 Å². The van der Waals surface area contributed by atoms with Crippen LogP contribution in [0.3, 0.4) is 0 Å².